The molecule has 0 aromatic heterocycles. The summed E-state index contributed by atoms with van der Waals surface area (Å²) in [6, 6.07) is 18.0. The maximum atomic E-state index is 12.0. The summed E-state index contributed by atoms with van der Waals surface area (Å²) in [7, 11) is -3.81. The number of Topliss-reactive ketones (excluding diaryl/α,β-unsaturated/α-hetero) is 1. The molecule has 3 aromatic carbocycles. The molecule has 174 valence electrons. The van der Waals surface area contributed by atoms with Gasteiger partial charge in [-0.3, -0.25) is 14.9 Å². The number of nitrogens with one attached hydrogen (secondary N) is 1. The van der Waals surface area contributed by atoms with E-state index in [-0.39, 0.29) is 16.1 Å². The van der Waals surface area contributed by atoms with E-state index < -0.39 is 33.3 Å². The lowest BCUT2D eigenvalue weighted by atomic mass is 10.1. The fraction of sp³-hybridized carbons (Fsp3) is 0.0435. The number of anilines is 2. The molecule has 0 saturated carbocycles. The van der Waals surface area contributed by atoms with Gasteiger partial charge in [0.15, 0.2) is 12.4 Å². The summed E-state index contributed by atoms with van der Waals surface area (Å²) in [6.45, 7) is -0.499. The summed E-state index contributed by atoms with van der Waals surface area (Å²) >= 11 is 0. The van der Waals surface area contributed by atoms with Crippen LogP contribution in [-0.2, 0) is 19.6 Å². The highest BCUT2D eigenvalue weighted by atomic mass is 32.2. The van der Waals surface area contributed by atoms with Crippen LogP contribution in [0.4, 0.5) is 17.1 Å². The summed E-state index contributed by atoms with van der Waals surface area (Å²) in [4.78, 5) is 34.0. The lowest BCUT2D eigenvalue weighted by molar-refractivity contribution is -0.384. The van der Waals surface area contributed by atoms with E-state index in [1.54, 1.807) is 36.4 Å². The molecule has 3 aromatic rings. The maximum absolute atomic E-state index is 12.0. The van der Waals surface area contributed by atoms with Crippen LogP contribution in [0.2, 0.25) is 0 Å². The molecule has 0 spiro atoms. The molecule has 3 rings (SSSR count). The van der Waals surface area contributed by atoms with Gasteiger partial charge in [-0.25, -0.2) is 18.4 Å². The number of ketones is 1. The van der Waals surface area contributed by atoms with Crippen molar-refractivity contribution in [1.29, 1.82) is 0 Å². The van der Waals surface area contributed by atoms with Crippen molar-refractivity contribution in [2.45, 2.75) is 4.90 Å². The van der Waals surface area contributed by atoms with Crippen molar-refractivity contribution in [3.8, 4) is 0 Å². The lowest BCUT2D eigenvalue weighted by Gasteiger charge is -2.08. The molecule has 0 radical (unpaired) electrons. The Morgan fingerprint density at radius 2 is 1.68 bits per heavy atom. The van der Waals surface area contributed by atoms with E-state index in [0.29, 0.717) is 16.9 Å². The SMILES string of the molecule is NS(=O)(=O)c1cccc(Nc2ccc(C=CC(=O)OCC(=O)c3ccc([N+](=O)[O-])cc3)cc2)c1. The third kappa shape index (κ3) is 6.82. The predicted molar refractivity (Wildman–Crippen MR) is 125 cm³/mol. The van der Waals surface area contributed by atoms with E-state index in [2.05, 4.69) is 5.32 Å². The molecule has 0 aliphatic rings. The van der Waals surface area contributed by atoms with Crippen LogP contribution in [0.25, 0.3) is 6.08 Å². The minimum Gasteiger partial charge on any atom is -0.454 e. The fourth-order valence-electron chi connectivity index (χ4n) is 2.80. The number of hydrogen-bond donors (Lipinski definition) is 2. The quantitative estimate of drug-likeness (QED) is 0.155. The average molecular weight is 481 g/mol. The summed E-state index contributed by atoms with van der Waals surface area (Å²) in [5.74, 6) is -1.21. The monoisotopic (exact) mass is 481 g/mol. The van der Waals surface area contributed by atoms with Crippen molar-refractivity contribution in [1.82, 2.24) is 0 Å². The largest absolute Gasteiger partial charge is 0.454 e. The highest BCUT2D eigenvalue weighted by Gasteiger charge is 2.11. The molecule has 11 heteroatoms. The van der Waals surface area contributed by atoms with Gasteiger partial charge in [0.1, 0.15) is 0 Å². The predicted octanol–water partition coefficient (Wildman–Crippen LogP) is 3.43. The number of hydrogen-bond acceptors (Lipinski definition) is 8. The second kappa shape index (κ2) is 10.5. The van der Waals surface area contributed by atoms with Gasteiger partial charge in [0.25, 0.3) is 5.69 Å². The van der Waals surface area contributed by atoms with Gasteiger partial charge in [-0.15, -0.1) is 0 Å². The Hall–Kier alpha value is -4.35. The summed E-state index contributed by atoms with van der Waals surface area (Å²) in [5, 5.41) is 18.8. The molecule has 0 bridgehead atoms. The van der Waals surface area contributed by atoms with E-state index in [0.717, 1.165) is 0 Å². The maximum Gasteiger partial charge on any atom is 0.331 e. The zero-order chi connectivity index (χ0) is 24.7. The zero-order valence-corrected chi connectivity index (χ0v) is 18.4. The van der Waals surface area contributed by atoms with Crippen molar-refractivity contribution in [2.24, 2.45) is 5.14 Å². The van der Waals surface area contributed by atoms with E-state index in [1.807, 2.05) is 0 Å². The first-order valence-electron chi connectivity index (χ1n) is 9.74. The van der Waals surface area contributed by atoms with Gasteiger partial charge in [-0.1, -0.05) is 18.2 Å². The smallest absolute Gasteiger partial charge is 0.331 e. The van der Waals surface area contributed by atoms with Gasteiger partial charge in [0.05, 0.1) is 9.82 Å². The Bertz CT molecular complexity index is 1350. The van der Waals surface area contributed by atoms with E-state index in [1.165, 1.54) is 48.6 Å². The highest BCUT2D eigenvalue weighted by molar-refractivity contribution is 7.89. The standard InChI is InChI=1S/C23H19N3O7S/c24-34(31,32)21-3-1-2-19(14-21)25-18-9-4-16(5-10-18)6-13-23(28)33-15-22(27)17-7-11-20(12-8-17)26(29)30/h1-14,25H,15H2,(H2,24,31,32). The molecule has 0 amide bonds. The Morgan fingerprint density at radius 1 is 1.00 bits per heavy atom. The van der Waals surface area contributed by atoms with Gasteiger partial charge >= 0.3 is 5.97 Å². The molecule has 0 saturated heterocycles. The van der Waals surface area contributed by atoms with Crippen molar-refractivity contribution >= 4 is 44.9 Å². The van der Waals surface area contributed by atoms with Crippen LogP contribution in [-0.4, -0.2) is 31.7 Å². The normalized spacial score (nSPS) is 11.2. The molecule has 3 N–H and O–H groups in total. The number of nitro benzene ring substituents is 1. The number of esters is 1. The molecular weight excluding hydrogens is 462 g/mol. The first-order valence-corrected chi connectivity index (χ1v) is 11.3. The van der Waals surface area contributed by atoms with Crippen LogP contribution in [0.15, 0.2) is 83.8 Å². The second-order valence-corrected chi connectivity index (χ2v) is 8.55. The van der Waals surface area contributed by atoms with Crippen LogP contribution < -0.4 is 10.5 Å². The number of carbonyl (C=O) groups excluding carboxylic acids is 2. The molecule has 0 fully saturated rings. The fourth-order valence-corrected chi connectivity index (χ4v) is 3.36. The third-order valence-electron chi connectivity index (χ3n) is 4.52. The van der Waals surface area contributed by atoms with Crippen molar-refractivity contribution < 1.29 is 27.7 Å². The second-order valence-electron chi connectivity index (χ2n) is 6.99. The van der Waals surface area contributed by atoms with Gasteiger partial charge < -0.3 is 10.1 Å². The summed E-state index contributed by atoms with van der Waals surface area (Å²) in [5.41, 5.74) is 1.95. The van der Waals surface area contributed by atoms with Gasteiger partial charge in [-0.2, -0.15) is 0 Å². The third-order valence-corrected chi connectivity index (χ3v) is 5.43. The number of non-ortho nitro benzene ring substituents is 1. The molecule has 0 heterocycles. The van der Waals surface area contributed by atoms with E-state index in [9.17, 15) is 28.1 Å². The number of carbonyl (C=O) groups is 2. The minimum absolute atomic E-state index is 0.0115. The number of nitro groups is 1. The number of rotatable bonds is 9. The molecule has 0 atom stereocenters. The Labute approximate surface area is 194 Å². The van der Waals surface area contributed by atoms with Crippen LogP contribution in [0.5, 0.6) is 0 Å². The van der Waals surface area contributed by atoms with Crippen molar-refractivity contribution in [3.63, 3.8) is 0 Å². The van der Waals surface area contributed by atoms with Crippen LogP contribution >= 0.6 is 0 Å². The molecule has 0 aliphatic heterocycles. The molecule has 10 nitrogen and oxygen atoms in total. The van der Waals surface area contributed by atoms with Crippen molar-refractivity contribution in [3.05, 3.63) is 100 Å². The number of ether oxygens (including phenoxy) is 1. The van der Waals surface area contributed by atoms with Crippen LogP contribution in [0, 0.1) is 10.1 Å². The number of sulfonamides is 1. The van der Waals surface area contributed by atoms with Gasteiger partial charge in [-0.05, 0) is 54.1 Å². The number of benzene rings is 3. The number of nitrogens with two attached hydrogens (primary N) is 1. The topological polar surface area (TPSA) is 159 Å². The zero-order valence-electron chi connectivity index (χ0n) is 17.6. The van der Waals surface area contributed by atoms with Crippen molar-refractivity contribution in [2.75, 3.05) is 11.9 Å². The Balaban J connectivity index is 1.53. The average Bonchev–Trinajstić information content (AvgIpc) is 2.82. The Kier molecular flexibility index (Phi) is 7.51. The van der Waals surface area contributed by atoms with E-state index >= 15 is 0 Å². The summed E-state index contributed by atoms with van der Waals surface area (Å²) < 4.78 is 27.8. The molecular formula is C23H19N3O7S. The molecule has 0 aliphatic carbocycles. The highest BCUT2D eigenvalue weighted by Crippen LogP contribution is 2.20. The van der Waals surface area contributed by atoms with Gasteiger partial charge in [0.2, 0.25) is 10.0 Å². The summed E-state index contributed by atoms with van der Waals surface area (Å²) in [6.07, 6.45) is 2.67. The minimum atomic E-state index is -3.81. The Morgan fingerprint density at radius 3 is 2.29 bits per heavy atom. The van der Waals surface area contributed by atoms with Crippen LogP contribution in [0.3, 0.4) is 0 Å². The molecule has 0 unspecified atom stereocenters. The first kappa shape index (κ1) is 24.3. The number of primary sulfonamides is 1. The molecule has 34 heavy (non-hydrogen) atoms. The van der Waals surface area contributed by atoms with Gasteiger partial charge in [0, 0.05) is 35.1 Å². The first-order chi connectivity index (χ1) is 16.1. The lowest BCUT2D eigenvalue weighted by Crippen LogP contribution is -2.12. The van der Waals surface area contributed by atoms with E-state index in [4.69, 9.17) is 9.88 Å². The van der Waals surface area contributed by atoms with Crippen LogP contribution in [0.1, 0.15) is 15.9 Å². The number of nitrogens with zero attached hydrogens (tertiary/aromatic N) is 1.